The summed E-state index contributed by atoms with van der Waals surface area (Å²) in [5.74, 6) is 0. The highest BCUT2D eigenvalue weighted by molar-refractivity contribution is 9.10. The monoisotopic (exact) mass is 229 g/mol. The quantitative estimate of drug-likeness (QED) is 0.846. The molecule has 2 nitrogen and oxygen atoms in total. The lowest BCUT2D eigenvalue weighted by molar-refractivity contribution is 0.169. The SMILES string of the molecule is CCC(O)c1cc(C)c(Br)cn1. The Morgan fingerprint density at radius 1 is 1.67 bits per heavy atom. The molecule has 1 aromatic rings. The molecular formula is C9H12BrNO. The Bertz CT molecular complexity index is 275. The summed E-state index contributed by atoms with van der Waals surface area (Å²) in [6, 6.07) is 1.90. The third kappa shape index (κ3) is 2.05. The summed E-state index contributed by atoms with van der Waals surface area (Å²) < 4.78 is 0.981. The van der Waals surface area contributed by atoms with Gasteiger partial charge in [-0.3, -0.25) is 4.98 Å². The Kier molecular flexibility index (Phi) is 3.23. The Balaban J connectivity index is 2.96. The fourth-order valence-electron chi connectivity index (χ4n) is 0.952. The fourth-order valence-corrected chi connectivity index (χ4v) is 1.17. The molecule has 0 amide bonds. The Morgan fingerprint density at radius 3 is 2.83 bits per heavy atom. The first-order valence-electron chi connectivity index (χ1n) is 3.95. The summed E-state index contributed by atoms with van der Waals surface area (Å²) in [5.41, 5.74) is 1.85. The minimum atomic E-state index is -0.434. The molecule has 66 valence electrons. The van der Waals surface area contributed by atoms with Gasteiger partial charge < -0.3 is 5.11 Å². The van der Waals surface area contributed by atoms with Crippen molar-refractivity contribution in [3.8, 4) is 0 Å². The summed E-state index contributed by atoms with van der Waals surface area (Å²) in [5, 5.41) is 9.47. The van der Waals surface area contributed by atoms with Gasteiger partial charge in [0, 0.05) is 10.7 Å². The van der Waals surface area contributed by atoms with E-state index in [-0.39, 0.29) is 0 Å². The average Bonchev–Trinajstić information content (AvgIpc) is 2.08. The molecule has 1 heterocycles. The van der Waals surface area contributed by atoms with Crippen LogP contribution in [-0.2, 0) is 0 Å². The average molecular weight is 230 g/mol. The lowest BCUT2D eigenvalue weighted by Crippen LogP contribution is -1.99. The minimum Gasteiger partial charge on any atom is -0.387 e. The van der Waals surface area contributed by atoms with E-state index in [9.17, 15) is 5.11 Å². The van der Waals surface area contributed by atoms with Gasteiger partial charge >= 0.3 is 0 Å². The van der Waals surface area contributed by atoms with Gasteiger partial charge in [-0.25, -0.2) is 0 Å². The number of aliphatic hydroxyl groups excluding tert-OH is 1. The zero-order valence-corrected chi connectivity index (χ0v) is 8.80. The zero-order valence-electron chi connectivity index (χ0n) is 7.21. The molecule has 1 N–H and O–H groups in total. The number of aryl methyl sites for hydroxylation is 1. The number of rotatable bonds is 2. The van der Waals surface area contributed by atoms with Crippen LogP contribution in [0.2, 0.25) is 0 Å². The van der Waals surface area contributed by atoms with Crippen LogP contribution in [0.25, 0.3) is 0 Å². The first-order valence-corrected chi connectivity index (χ1v) is 4.74. The smallest absolute Gasteiger partial charge is 0.0957 e. The van der Waals surface area contributed by atoms with E-state index in [2.05, 4.69) is 20.9 Å². The molecule has 3 heteroatoms. The summed E-state index contributed by atoms with van der Waals surface area (Å²) >= 11 is 3.36. The van der Waals surface area contributed by atoms with Gasteiger partial charge in [-0.2, -0.15) is 0 Å². The van der Waals surface area contributed by atoms with Crippen molar-refractivity contribution in [2.75, 3.05) is 0 Å². The number of halogens is 1. The van der Waals surface area contributed by atoms with Crippen molar-refractivity contribution in [1.82, 2.24) is 4.98 Å². The van der Waals surface area contributed by atoms with Gasteiger partial charge in [-0.15, -0.1) is 0 Å². The highest BCUT2D eigenvalue weighted by Gasteiger charge is 2.06. The molecule has 0 bridgehead atoms. The second-order valence-corrected chi connectivity index (χ2v) is 3.64. The predicted octanol–water partition coefficient (Wildman–Crippen LogP) is 2.60. The number of hydrogen-bond acceptors (Lipinski definition) is 2. The highest BCUT2D eigenvalue weighted by atomic mass is 79.9. The Labute approximate surface area is 80.8 Å². The van der Waals surface area contributed by atoms with Crippen LogP contribution >= 0.6 is 15.9 Å². The maximum absolute atomic E-state index is 9.47. The molecule has 0 aliphatic carbocycles. The van der Waals surface area contributed by atoms with Gasteiger partial charge in [0.15, 0.2) is 0 Å². The van der Waals surface area contributed by atoms with E-state index >= 15 is 0 Å². The van der Waals surface area contributed by atoms with E-state index in [1.165, 1.54) is 0 Å². The Hall–Kier alpha value is -0.410. The van der Waals surface area contributed by atoms with Crippen molar-refractivity contribution < 1.29 is 5.11 Å². The molecule has 0 radical (unpaired) electrons. The standard InChI is InChI=1S/C9H12BrNO/c1-3-9(12)8-4-6(2)7(10)5-11-8/h4-5,9,12H,3H2,1-2H3. The zero-order chi connectivity index (χ0) is 9.14. The molecule has 0 spiro atoms. The Morgan fingerprint density at radius 2 is 2.33 bits per heavy atom. The van der Waals surface area contributed by atoms with E-state index < -0.39 is 6.10 Å². The van der Waals surface area contributed by atoms with Crippen molar-refractivity contribution in [1.29, 1.82) is 0 Å². The second-order valence-electron chi connectivity index (χ2n) is 2.78. The van der Waals surface area contributed by atoms with Crippen molar-refractivity contribution in [3.05, 3.63) is 28.0 Å². The van der Waals surface area contributed by atoms with Gasteiger partial charge in [-0.05, 0) is 40.9 Å². The van der Waals surface area contributed by atoms with Gasteiger partial charge in [-0.1, -0.05) is 6.92 Å². The van der Waals surface area contributed by atoms with Crippen LogP contribution in [0.15, 0.2) is 16.7 Å². The fraction of sp³-hybridized carbons (Fsp3) is 0.444. The lowest BCUT2D eigenvalue weighted by atomic mass is 10.1. The normalized spacial score (nSPS) is 13.0. The minimum absolute atomic E-state index is 0.434. The van der Waals surface area contributed by atoms with Crippen LogP contribution in [0.5, 0.6) is 0 Å². The largest absolute Gasteiger partial charge is 0.387 e. The van der Waals surface area contributed by atoms with Gasteiger partial charge in [0.25, 0.3) is 0 Å². The molecule has 0 saturated heterocycles. The number of aliphatic hydroxyl groups is 1. The summed E-state index contributed by atoms with van der Waals surface area (Å²) in [6.07, 6.45) is 1.99. The van der Waals surface area contributed by atoms with Crippen molar-refractivity contribution in [3.63, 3.8) is 0 Å². The topological polar surface area (TPSA) is 33.1 Å². The van der Waals surface area contributed by atoms with Crippen LogP contribution in [0.4, 0.5) is 0 Å². The maximum Gasteiger partial charge on any atom is 0.0957 e. The van der Waals surface area contributed by atoms with E-state index in [0.29, 0.717) is 6.42 Å². The first kappa shape index (κ1) is 9.68. The van der Waals surface area contributed by atoms with E-state index in [1.54, 1.807) is 6.20 Å². The number of pyridine rings is 1. The van der Waals surface area contributed by atoms with E-state index in [0.717, 1.165) is 15.7 Å². The van der Waals surface area contributed by atoms with Crippen LogP contribution in [0.1, 0.15) is 30.7 Å². The molecule has 0 saturated carbocycles. The van der Waals surface area contributed by atoms with E-state index in [4.69, 9.17) is 0 Å². The lowest BCUT2D eigenvalue weighted by Gasteiger charge is -2.07. The summed E-state index contributed by atoms with van der Waals surface area (Å²) in [6.45, 7) is 3.92. The molecular weight excluding hydrogens is 218 g/mol. The number of nitrogens with zero attached hydrogens (tertiary/aromatic N) is 1. The molecule has 1 atom stereocenters. The third-order valence-corrected chi connectivity index (χ3v) is 2.63. The summed E-state index contributed by atoms with van der Waals surface area (Å²) in [4.78, 5) is 4.11. The molecule has 1 rings (SSSR count). The molecule has 0 aliphatic heterocycles. The van der Waals surface area contributed by atoms with E-state index in [1.807, 2.05) is 19.9 Å². The van der Waals surface area contributed by atoms with Gasteiger partial charge in [0.1, 0.15) is 0 Å². The molecule has 12 heavy (non-hydrogen) atoms. The number of aromatic nitrogens is 1. The number of hydrogen-bond donors (Lipinski definition) is 1. The van der Waals surface area contributed by atoms with Crippen LogP contribution in [-0.4, -0.2) is 10.1 Å². The van der Waals surface area contributed by atoms with Gasteiger partial charge in [0.2, 0.25) is 0 Å². The first-order chi connectivity index (χ1) is 5.65. The summed E-state index contributed by atoms with van der Waals surface area (Å²) in [7, 11) is 0. The molecule has 1 aromatic heterocycles. The van der Waals surface area contributed by atoms with Crippen molar-refractivity contribution in [2.24, 2.45) is 0 Å². The maximum atomic E-state index is 9.47. The van der Waals surface area contributed by atoms with Crippen LogP contribution in [0.3, 0.4) is 0 Å². The van der Waals surface area contributed by atoms with Gasteiger partial charge in [0.05, 0.1) is 11.8 Å². The highest BCUT2D eigenvalue weighted by Crippen LogP contribution is 2.19. The molecule has 0 fully saturated rings. The third-order valence-electron chi connectivity index (χ3n) is 1.80. The molecule has 0 aliphatic rings. The van der Waals surface area contributed by atoms with Crippen molar-refractivity contribution >= 4 is 15.9 Å². The van der Waals surface area contributed by atoms with Crippen LogP contribution < -0.4 is 0 Å². The second kappa shape index (κ2) is 4.01. The molecule has 0 aromatic carbocycles. The predicted molar refractivity (Wildman–Crippen MR) is 51.9 cm³/mol. The van der Waals surface area contributed by atoms with Crippen LogP contribution in [0, 0.1) is 6.92 Å². The molecule has 1 unspecified atom stereocenters. The van der Waals surface area contributed by atoms with Crippen molar-refractivity contribution in [2.45, 2.75) is 26.4 Å².